The third-order valence-corrected chi connectivity index (χ3v) is 9.94. The van der Waals surface area contributed by atoms with Gasteiger partial charge in [0.25, 0.3) is 5.56 Å². The lowest BCUT2D eigenvalue weighted by molar-refractivity contribution is -0.130. The molecule has 2 aromatic heterocycles. The predicted octanol–water partition coefficient (Wildman–Crippen LogP) is 3.50. The van der Waals surface area contributed by atoms with E-state index >= 15 is 4.79 Å². The lowest BCUT2D eigenvalue weighted by Gasteiger charge is -2.42. The SMILES string of the molecule is COc1cc(OC)c2c(c1Cl)OC1(C(=O)C3=C(CC1C)Nc1c(c(=O)n(C)c(=O)n1C)C3c1ccc(OCc3nccn3C)cc1)C2=O. The molecule has 14 heteroatoms. The van der Waals surface area contributed by atoms with E-state index in [4.69, 9.17) is 30.5 Å². The summed E-state index contributed by atoms with van der Waals surface area (Å²) in [6.45, 7) is 1.97. The summed E-state index contributed by atoms with van der Waals surface area (Å²) in [4.78, 5) is 60.7. The van der Waals surface area contributed by atoms with Gasteiger partial charge in [0.05, 0.1) is 19.8 Å². The Morgan fingerprint density at radius 3 is 2.38 bits per heavy atom. The van der Waals surface area contributed by atoms with Crippen LogP contribution in [0.4, 0.5) is 5.82 Å². The van der Waals surface area contributed by atoms with Gasteiger partial charge in [-0.3, -0.25) is 23.5 Å². The molecule has 1 aliphatic carbocycles. The number of benzene rings is 2. The Morgan fingerprint density at radius 1 is 1.02 bits per heavy atom. The summed E-state index contributed by atoms with van der Waals surface area (Å²) in [6.07, 6.45) is 3.69. The van der Waals surface area contributed by atoms with Crippen LogP contribution in [0.1, 0.15) is 46.6 Å². The zero-order chi connectivity index (χ0) is 34.2. The molecule has 7 rings (SSSR count). The van der Waals surface area contributed by atoms with Gasteiger partial charge in [-0.1, -0.05) is 30.7 Å². The smallest absolute Gasteiger partial charge is 0.332 e. The highest BCUT2D eigenvalue weighted by molar-refractivity contribution is 6.36. The number of nitrogens with zero attached hydrogens (tertiary/aromatic N) is 4. The summed E-state index contributed by atoms with van der Waals surface area (Å²) in [5, 5.41) is 3.25. The minimum Gasteiger partial charge on any atom is -0.496 e. The average molecular weight is 674 g/mol. The van der Waals surface area contributed by atoms with Crippen LogP contribution in [0, 0.1) is 5.92 Å². The lowest BCUT2D eigenvalue weighted by atomic mass is 9.66. The van der Waals surface area contributed by atoms with Gasteiger partial charge >= 0.3 is 5.69 Å². The van der Waals surface area contributed by atoms with Crippen molar-refractivity contribution in [3.8, 4) is 23.0 Å². The number of hydrogen-bond donors (Lipinski definition) is 1. The van der Waals surface area contributed by atoms with E-state index in [0.29, 0.717) is 17.0 Å². The van der Waals surface area contributed by atoms with Gasteiger partial charge in [-0.05, 0) is 24.1 Å². The van der Waals surface area contributed by atoms with Crippen molar-refractivity contribution in [2.24, 2.45) is 27.1 Å². The number of rotatable bonds is 6. The number of imidazole rings is 1. The fraction of sp³-hybridized carbons (Fsp3) is 0.324. The second-order valence-corrected chi connectivity index (χ2v) is 12.5. The van der Waals surface area contributed by atoms with Crippen LogP contribution >= 0.6 is 11.6 Å². The molecule has 0 fully saturated rings. The number of aromatic nitrogens is 4. The number of hydrogen-bond acceptors (Lipinski definition) is 10. The Morgan fingerprint density at radius 2 is 1.73 bits per heavy atom. The van der Waals surface area contributed by atoms with Crippen LogP contribution in [0.5, 0.6) is 23.0 Å². The van der Waals surface area contributed by atoms with Crippen LogP contribution in [0.25, 0.3) is 0 Å². The molecule has 1 spiro atoms. The monoisotopic (exact) mass is 673 g/mol. The molecular weight excluding hydrogens is 642 g/mol. The van der Waals surface area contributed by atoms with Crippen LogP contribution in [0.2, 0.25) is 5.02 Å². The first-order valence-corrected chi connectivity index (χ1v) is 15.5. The summed E-state index contributed by atoms with van der Waals surface area (Å²) in [5.41, 5.74) is -1.65. The Balaban J connectivity index is 1.38. The van der Waals surface area contributed by atoms with Crippen LogP contribution in [-0.2, 0) is 32.5 Å². The molecule has 2 aromatic carbocycles. The number of ether oxygens (including phenoxy) is 4. The van der Waals surface area contributed by atoms with Gasteiger partial charge in [0, 0.05) is 62.7 Å². The van der Waals surface area contributed by atoms with Gasteiger partial charge in [-0.2, -0.15) is 0 Å². The number of fused-ring (bicyclic) bond motifs is 2. The number of carbonyl (C=O) groups excluding carboxylic acids is 2. The minimum absolute atomic E-state index is 0.00430. The summed E-state index contributed by atoms with van der Waals surface area (Å²) < 4.78 is 27.4. The highest BCUT2D eigenvalue weighted by Gasteiger charge is 2.63. The normalized spacial score (nSPS) is 21.0. The molecule has 48 heavy (non-hydrogen) atoms. The maximum atomic E-state index is 15.0. The molecule has 3 aliphatic rings. The quantitative estimate of drug-likeness (QED) is 0.302. The fourth-order valence-electron chi connectivity index (χ4n) is 6.96. The molecule has 13 nitrogen and oxygen atoms in total. The third-order valence-electron chi connectivity index (χ3n) is 9.58. The van der Waals surface area contributed by atoms with Crippen LogP contribution in [0.15, 0.2) is 63.6 Å². The molecule has 1 N–H and O–H groups in total. The van der Waals surface area contributed by atoms with E-state index in [1.54, 1.807) is 44.4 Å². The molecule has 0 saturated carbocycles. The first-order chi connectivity index (χ1) is 22.9. The molecule has 3 atom stereocenters. The van der Waals surface area contributed by atoms with Gasteiger partial charge < -0.3 is 28.8 Å². The standard InChI is InChI=1S/C34H32ClN5O8/c1-16-13-19-24(29(41)34(16)30(42)25-20(45-5)14-21(46-6)27(35)28(25)48-34)23(26-31(37-19)39(3)33(44)40(4)32(26)43)17-7-9-18(10-8-17)47-15-22-36-11-12-38(22)2/h7-12,14,16,23,37H,13,15H2,1-6H3. The Bertz CT molecular complexity index is 2200. The number of allylic oxidation sites excluding steroid dienone is 1. The second kappa shape index (κ2) is 11.2. The average Bonchev–Trinajstić information content (AvgIpc) is 3.65. The highest BCUT2D eigenvalue weighted by atomic mass is 35.5. The Labute approximate surface area is 279 Å². The van der Waals surface area contributed by atoms with Crippen molar-refractivity contribution in [2.45, 2.75) is 31.5 Å². The van der Waals surface area contributed by atoms with E-state index < -0.39 is 40.3 Å². The maximum absolute atomic E-state index is 15.0. The van der Waals surface area contributed by atoms with Gasteiger partial charge in [0.15, 0.2) is 5.75 Å². The first kappa shape index (κ1) is 31.3. The van der Waals surface area contributed by atoms with Crippen LogP contribution in [-0.4, -0.2) is 50.1 Å². The van der Waals surface area contributed by atoms with Crippen molar-refractivity contribution < 1.29 is 28.5 Å². The number of halogens is 1. The van der Waals surface area contributed by atoms with Gasteiger partial charge in [-0.25, -0.2) is 9.78 Å². The summed E-state index contributed by atoms with van der Waals surface area (Å²) in [7, 11) is 7.63. The van der Waals surface area contributed by atoms with Crippen molar-refractivity contribution >= 4 is 29.0 Å². The molecule has 0 saturated heterocycles. The molecular formula is C34H32ClN5O8. The number of methoxy groups -OCH3 is 2. The van der Waals surface area contributed by atoms with Gasteiger partial charge in [0.2, 0.25) is 17.2 Å². The van der Waals surface area contributed by atoms with E-state index in [-0.39, 0.29) is 57.8 Å². The molecule has 4 heterocycles. The number of aryl methyl sites for hydroxylation is 1. The van der Waals surface area contributed by atoms with Crippen LogP contribution < -0.4 is 35.5 Å². The van der Waals surface area contributed by atoms with E-state index in [2.05, 4.69) is 10.3 Å². The number of ketones is 2. The van der Waals surface area contributed by atoms with Crippen molar-refractivity contribution in [1.82, 2.24) is 18.7 Å². The predicted molar refractivity (Wildman–Crippen MR) is 174 cm³/mol. The molecule has 248 valence electrons. The molecule has 0 radical (unpaired) electrons. The molecule has 3 unspecified atom stereocenters. The number of Topliss-reactive ketones (excluding diaryl/α,β-unsaturated/α-hetero) is 2. The lowest BCUT2D eigenvalue weighted by Crippen LogP contribution is -2.58. The van der Waals surface area contributed by atoms with E-state index in [9.17, 15) is 14.4 Å². The Hall–Kier alpha value is -5.30. The number of nitrogens with one attached hydrogen (secondary N) is 1. The van der Waals surface area contributed by atoms with Crippen molar-refractivity contribution in [2.75, 3.05) is 19.5 Å². The van der Waals surface area contributed by atoms with E-state index in [1.807, 2.05) is 17.8 Å². The van der Waals surface area contributed by atoms with Crippen molar-refractivity contribution in [3.63, 3.8) is 0 Å². The largest absolute Gasteiger partial charge is 0.496 e. The first-order valence-electron chi connectivity index (χ1n) is 15.2. The maximum Gasteiger partial charge on any atom is 0.332 e. The topological polar surface area (TPSA) is 145 Å². The zero-order valence-electron chi connectivity index (χ0n) is 27.0. The molecule has 4 aromatic rings. The van der Waals surface area contributed by atoms with Gasteiger partial charge in [-0.15, -0.1) is 0 Å². The summed E-state index contributed by atoms with van der Waals surface area (Å²) in [5.74, 6) is -0.958. The van der Waals surface area contributed by atoms with Crippen LogP contribution in [0.3, 0.4) is 0 Å². The fourth-order valence-corrected chi connectivity index (χ4v) is 7.23. The second-order valence-electron chi connectivity index (χ2n) is 12.1. The number of anilines is 1. The molecule has 0 bridgehead atoms. The number of carbonyl (C=O) groups is 2. The van der Waals surface area contributed by atoms with Gasteiger partial charge in [0.1, 0.15) is 46.1 Å². The molecule has 0 amide bonds. The molecule has 2 aliphatic heterocycles. The highest BCUT2D eigenvalue weighted by Crippen LogP contribution is 2.56. The van der Waals surface area contributed by atoms with E-state index in [0.717, 1.165) is 10.4 Å². The Kier molecular flexibility index (Phi) is 7.27. The third kappa shape index (κ3) is 4.26. The van der Waals surface area contributed by atoms with Crippen molar-refractivity contribution in [3.05, 3.63) is 102 Å². The van der Waals surface area contributed by atoms with E-state index in [1.165, 1.54) is 31.9 Å². The zero-order valence-corrected chi connectivity index (χ0v) is 27.8. The van der Waals surface area contributed by atoms with Crippen molar-refractivity contribution in [1.29, 1.82) is 0 Å². The summed E-state index contributed by atoms with van der Waals surface area (Å²) in [6, 6.07) is 8.48. The summed E-state index contributed by atoms with van der Waals surface area (Å²) >= 11 is 6.64. The minimum atomic E-state index is -2.00.